The molecule has 1 aromatic carbocycles. The third-order valence-electron chi connectivity index (χ3n) is 4.24. The Kier molecular flexibility index (Phi) is 3.41. The van der Waals surface area contributed by atoms with Gasteiger partial charge in [0.05, 0.1) is 11.0 Å². The Hall–Kier alpha value is -3.15. The largest absolute Gasteiger partial charge is 0.443 e. The predicted molar refractivity (Wildman–Crippen MR) is 101 cm³/mol. The Morgan fingerprint density at radius 2 is 1.88 bits per heavy atom. The Labute approximate surface area is 149 Å². The maximum Gasteiger partial charge on any atom is 0.422 e. The summed E-state index contributed by atoms with van der Waals surface area (Å²) in [6.07, 6.45) is 1.01. The molecule has 0 fully saturated rings. The molecule has 0 aliphatic heterocycles. The molecule has 4 rings (SSSR count). The summed E-state index contributed by atoms with van der Waals surface area (Å²) in [6.45, 7) is 7.27. The molecule has 0 spiro atoms. The van der Waals surface area contributed by atoms with Crippen LogP contribution < -0.4 is 5.56 Å². The lowest BCUT2D eigenvalue weighted by molar-refractivity contribution is 0.0539. The van der Waals surface area contributed by atoms with Gasteiger partial charge in [-0.15, -0.1) is 0 Å². The minimum Gasteiger partial charge on any atom is -0.443 e. The third kappa shape index (κ3) is 2.37. The zero-order chi connectivity index (χ0) is 18.6. The number of hydrogen-bond donors (Lipinski definition) is 0. The van der Waals surface area contributed by atoms with Crippen molar-refractivity contribution in [3.63, 3.8) is 0 Å². The summed E-state index contributed by atoms with van der Waals surface area (Å²) in [7, 11) is 0. The van der Waals surface area contributed by atoms with Crippen LogP contribution >= 0.6 is 0 Å². The summed E-state index contributed by atoms with van der Waals surface area (Å²) in [6, 6.07) is 11.0. The van der Waals surface area contributed by atoms with Crippen molar-refractivity contribution >= 4 is 33.7 Å². The minimum absolute atomic E-state index is 0.395. The van der Waals surface area contributed by atoms with Gasteiger partial charge in [-0.3, -0.25) is 9.20 Å². The van der Waals surface area contributed by atoms with Gasteiger partial charge in [0.25, 0.3) is 5.56 Å². The van der Waals surface area contributed by atoms with E-state index < -0.39 is 17.3 Å². The van der Waals surface area contributed by atoms with E-state index in [0.717, 1.165) is 21.0 Å². The van der Waals surface area contributed by atoms with Crippen LogP contribution in [-0.4, -0.2) is 25.6 Å². The molecule has 0 atom stereocenters. The van der Waals surface area contributed by atoms with Gasteiger partial charge in [0, 0.05) is 11.6 Å². The molecule has 0 unspecified atom stereocenters. The van der Waals surface area contributed by atoms with Gasteiger partial charge >= 0.3 is 6.09 Å². The number of nitrogens with zero attached hydrogens (tertiary/aromatic N) is 3. The van der Waals surface area contributed by atoms with E-state index in [2.05, 4.69) is 4.98 Å². The van der Waals surface area contributed by atoms with Gasteiger partial charge in [-0.1, -0.05) is 12.1 Å². The van der Waals surface area contributed by atoms with E-state index in [9.17, 15) is 9.59 Å². The highest BCUT2D eigenvalue weighted by Gasteiger charge is 2.24. The highest BCUT2D eigenvalue weighted by molar-refractivity contribution is 5.95. The molecule has 0 saturated heterocycles. The van der Waals surface area contributed by atoms with Crippen LogP contribution in [0.1, 0.15) is 26.3 Å². The second-order valence-electron chi connectivity index (χ2n) is 7.34. The number of benzene rings is 1. The molecule has 26 heavy (non-hydrogen) atoms. The molecule has 0 bridgehead atoms. The first-order valence-corrected chi connectivity index (χ1v) is 8.42. The molecule has 132 valence electrons. The summed E-state index contributed by atoms with van der Waals surface area (Å²) < 4.78 is 8.41. The summed E-state index contributed by atoms with van der Waals surface area (Å²) in [5, 5.41) is 0.844. The molecule has 0 N–H and O–H groups in total. The van der Waals surface area contributed by atoms with E-state index in [1.54, 1.807) is 39.1 Å². The molecule has 3 aromatic heterocycles. The van der Waals surface area contributed by atoms with Crippen molar-refractivity contribution in [2.45, 2.75) is 33.3 Å². The van der Waals surface area contributed by atoms with Gasteiger partial charge in [0.2, 0.25) is 0 Å². The molecule has 0 saturated carbocycles. The first-order valence-electron chi connectivity index (χ1n) is 8.42. The summed E-state index contributed by atoms with van der Waals surface area (Å²) in [5.74, 6) is 0. The second kappa shape index (κ2) is 5.42. The third-order valence-corrected chi connectivity index (χ3v) is 4.24. The van der Waals surface area contributed by atoms with Gasteiger partial charge in [0.1, 0.15) is 16.8 Å². The van der Waals surface area contributed by atoms with Crippen molar-refractivity contribution in [2.24, 2.45) is 0 Å². The van der Waals surface area contributed by atoms with Gasteiger partial charge < -0.3 is 4.74 Å². The average molecular weight is 349 g/mol. The molecular formula is C20H19N3O3. The van der Waals surface area contributed by atoms with Crippen LogP contribution in [0, 0.1) is 6.92 Å². The van der Waals surface area contributed by atoms with Crippen LogP contribution in [0.25, 0.3) is 27.6 Å². The van der Waals surface area contributed by atoms with Crippen LogP contribution in [0.5, 0.6) is 0 Å². The van der Waals surface area contributed by atoms with Gasteiger partial charge in [0.15, 0.2) is 0 Å². The van der Waals surface area contributed by atoms with Crippen LogP contribution in [0.4, 0.5) is 4.79 Å². The number of pyridine rings is 1. The van der Waals surface area contributed by atoms with Crippen molar-refractivity contribution in [3.8, 4) is 0 Å². The van der Waals surface area contributed by atoms with E-state index in [1.165, 1.54) is 0 Å². The number of fused-ring (bicyclic) bond motifs is 5. The fraction of sp³-hybridized carbons (Fsp3) is 0.250. The Balaban J connectivity index is 2.21. The number of ether oxygens (including phenoxy) is 1. The van der Waals surface area contributed by atoms with Crippen molar-refractivity contribution in [1.29, 1.82) is 0 Å². The Morgan fingerprint density at radius 1 is 1.12 bits per heavy atom. The fourth-order valence-corrected chi connectivity index (χ4v) is 3.25. The van der Waals surface area contributed by atoms with Crippen LogP contribution in [-0.2, 0) is 4.74 Å². The molecule has 0 aliphatic carbocycles. The molecule has 4 aromatic rings. The first-order chi connectivity index (χ1) is 12.3. The highest BCUT2D eigenvalue weighted by Crippen LogP contribution is 2.25. The molecule has 3 heterocycles. The Morgan fingerprint density at radius 3 is 2.62 bits per heavy atom. The minimum atomic E-state index is -0.701. The maximum atomic E-state index is 13.2. The van der Waals surface area contributed by atoms with E-state index in [1.807, 2.05) is 35.6 Å². The van der Waals surface area contributed by atoms with E-state index in [4.69, 9.17) is 4.74 Å². The van der Waals surface area contributed by atoms with Crippen LogP contribution in [0.15, 0.2) is 47.4 Å². The quantitative estimate of drug-likeness (QED) is 0.483. The second-order valence-corrected chi connectivity index (χ2v) is 7.34. The number of para-hydroxylation sites is 1. The molecule has 0 amide bonds. The van der Waals surface area contributed by atoms with Gasteiger partial charge in [-0.05, 0) is 57.5 Å². The number of carbonyl (C=O) groups excluding carboxylic acids is 1. The number of hydrogen-bond acceptors (Lipinski definition) is 4. The lowest BCUT2D eigenvalue weighted by Gasteiger charge is -2.21. The molecular weight excluding hydrogens is 330 g/mol. The van der Waals surface area contributed by atoms with E-state index >= 15 is 0 Å². The zero-order valence-electron chi connectivity index (χ0n) is 15.1. The van der Waals surface area contributed by atoms with Gasteiger partial charge in [-0.25, -0.2) is 14.3 Å². The summed E-state index contributed by atoms with van der Waals surface area (Å²) in [4.78, 5) is 30.4. The number of aromatic nitrogens is 3. The topological polar surface area (TPSA) is 65.6 Å². The van der Waals surface area contributed by atoms with Crippen molar-refractivity contribution in [1.82, 2.24) is 14.0 Å². The van der Waals surface area contributed by atoms with Crippen LogP contribution in [0.2, 0.25) is 0 Å². The fourth-order valence-electron chi connectivity index (χ4n) is 3.25. The zero-order valence-corrected chi connectivity index (χ0v) is 15.1. The lowest BCUT2D eigenvalue weighted by atomic mass is 10.2. The first kappa shape index (κ1) is 16.3. The molecule has 0 radical (unpaired) electrons. The molecule has 6 heteroatoms. The highest BCUT2D eigenvalue weighted by atomic mass is 16.6. The number of aryl methyl sites for hydroxylation is 1. The standard InChI is InChI=1S/C20H19N3O3/c1-12-7-5-9-14-16(12)22-15(11-13-8-6-10-21-17(13)22)18(24)23(14)19(25)26-20(2,3)4/h5-11H,1-4H3. The van der Waals surface area contributed by atoms with Gasteiger partial charge in [-0.2, -0.15) is 0 Å². The van der Waals surface area contributed by atoms with E-state index in [-0.39, 0.29) is 0 Å². The normalized spacial score (nSPS) is 12.2. The number of rotatable bonds is 0. The Bertz CT molecular complexity index is 1240. The smallest absolute Gasteiger partial charge is 0.422 e. The lowest BCUT2D eigenvalue weighted by Crippen LogP contribution is -2.34. The maximum absolute atomic E-state index is 13.2. The van der Waals surface area contributed by atoms with Crippen LogP contribution in [0.3, 0.4) is 0 Å². The van der Waals surface area contributed by atoms with Crippen molar-refractivity contribution in [3.05, 3.63) is 58.5 Å². The molecule has 0 aliphatic rings. The monoisotopic (exact) mass is 349 g/mol. The number of carbonyl (C=O) groups is 1. The SMILES string of the molecule is Cc1cccc2c1n1c(cc3cccnc31)c(=O)n2C(=O)OC(C)(C)C. The summed E-state index contributed by atoms with van der Waals surface area (Å²) >= 11 is 0. The van der Waals surface area contributed by atoms with Crippen molar-refractivity contribution < 1.29 is 9.53 Å². The summed E-state index contributed by atoms with van der Waals surface area (Å²) in [5.41, 5.74) is 2.17. The predicted octanol–water partition coefficient (Wildman–Crippen LogP) is 3.89. The molecule has 6 nitrogen and oxygen atoms in total. The van der Waals surface area contributed by atoms with Crippen molar-refractivity contribution in [2.75, 3.05) is 0 Å². The average Bonchev–Trinajstić information content (AvgIpc) is 2.93. The van der Waals surface area contributed by atoms with E-state index in [0.29, 0.717) is 16.7 Å².